The second-order valence-electron chi connectivity index (χ2n) is 6.13. The molecule has 1 aliphatic carbocycles. The molecule has 1 aromatic rings. The summed E-state index contributed by atoms with van der Waals surface area (Å²) in [7, 11) is 2.08. The first kappa shape index (κ1) is 14.9. The van der Waals surface area contributed by atoms with Crippen molar-refractivity contribution in [3.05, 3.63) is 10.6 Å². The highest BCUT2D eigenvalue weighted by Crippen LogP contribution is 2.40. The van der Waals surface area contributed by atoms with Crippen LogP contribution < -0.4 is 5.32 Å². The third-order valence-electron chi connectivity index (χ3n) is 4.62. The van der Waals surface area contributed by atoms with Crippen LogP contribution in [0.2, 0.25) is 0 Å². The molecule has 4 heteroatoms. The molecule has 1 N–H and O–H groups in total. The summed E-state index contributed by atoms with van der Waals surface area (Å²) in [4.78, 5) is 1.37. The lowest BCUT2D eigenvalue weighted by Gasteiger charge is -2.33. The largest absolute Gasteiger partial charge is 0.312 e. The van der Waals surface area contributed by atoms with E-state index in [-0.39, 0.29) is 0 Å². The van der Waals surface area contributed by atoms with Gasteiger partial charge < -0.3 is 5.32 Å². The maximum atomic E-state index is 4.34. The van der Waals surface area contributed by atoms with Gasteiger partial charge in [-0.15, -0.1) is 5.10 Å². The van der Waals surface area contributed by atoms with Crippen LogP contribution >= 0.6 is 11.5 Å². The van der Waals surface area contributed by atoms with Gasteiger partial charge in [-0.3, -0.25) is 0 Å². The molecule has 3 nitrogen and oxygen atoms in total. The van der Waals surface area contributed by atoms with Crippen LogP contribution in [0.5, 0.6) is 0 Å². The summed E-state index contributed by atoms with van der Waals surface area (Å²) in [5, 5.41) is 7.87. The number of nitrogens with zero attached hydrogens (tertiary/aromatic N) is 2. The van der Waals surface area contributed by atoms with Crippen molar-refractivity contribution >= 4 is 11.5 Å². The first-order valence-corrected chi connectivity index (χ1v) is 8.44. The molecule has 0 spiro atoms. The molecule has 108 valence electrons. The summed E-state index contributed by atoms with van der Waals surface area (Å²) in [5.41, 5.74) is 1.20. The molecule has 1 aliphatic rings. The minimum Gasteiger partial charge on any atom is -0.312 e. The predicted octanol–water partition coefficient (Wildman–Crippen LogP) is 4.14. The van der Waals surface area contributed by atoms with E-state index in [0.717, 1.165) is 11.8 Å². The lowest BCUT2D eigenvalue weighted by atomic mass is 9.77. The van der Waals surface area contributed by atoms with E-state index in [1.807, 2.05) is 0 Å². The van der Waals surface area contributed by atoms with Gasteiger partial charge >= 0.3 is 0 Å². The smallest absolute Gasteiger partial charge is 0.0829 e. The molecule has 2 rings (SSSR count). The van der Waals surface area contributed by atoms with Crippen LogP contribution in [0.1, 0.15) is 75.4 Å². The molecule has 1 unspecified atom stereocenters. The molecule has 0 aliphatic heterocycles. The van der Waals surface area contributed by atoms with Crippen molar-refractivity contribution in [3.63, 3.8) is 0 Å². The lowest BCUT2D eigenvalue weighted by molar-refractivity contribution is 0.225. The third kappa shape index (κ3) is 3.34. The zero-order chi connectivity index (χ0) is 13.8. The van der Waals surface area contributed by atoms with Gasteiger partial charge in [0.15, 0.2) is 0 Å². The highest BCUT2D eigenvalue weighted by atomic mass is 32.1. The minimum atomic E-state index is 0.454. The first-order valence-electron chi connectivity index (χ1n) is 7.66. The van der Waals surface area contributed by atoms with E-state index in [4.69, 9.17) is 0 Å². The second kappa shape index (κ2) is 6.80. The molecule has 19 heavy (non-hydrogen) atoms. The van der Waals surface area contributed by atoms with Gasteiger partial charge in [0, 0.05) is 6.04 Å². The zero-order valence-electron chi connectivity index (χ0n) is 12.6. The van der Waals surface area contributed by atoms with Crippen molar-refractivity contribution in [2.75, 3.05) is 7.05 Å². The molecule has 1 fully saturated rings. The van der Waals surface area contributed by atoms with Crippen LogP contribution in [0.3, 0.4) is 0 Å². The van der Waals surface area contributed by atoms with Crippen LogP contribution in [-0.2, 0) is 0 Å². The maximum Gasteiger partial charge on any atom is 0.0829 e. The third-order valence-corrected chi connectivity index (χ3v) is 5.44. The van der Waals surface area contributed by atoms with Crippen molar-refractivity contribution in [2.45, 2.75) is 64.8 Å². The molecule has 1 aromatic heterocycles. The molecule has 1 saturated carbocycles. The van der Waals surface area contributed by atoms with Crippen LogP contribution in [0.4, 0.5) is 0 Å². The topological polar surface area (TPSA) is 37.8 Å². The van der Waals surface area contributed by atoms with Crippen LogP contribution in [0, 0.1) is 11.8 Å². The van der Waals surface area contributed by atoms with Gasteiger partial charge in [-0.2, -0.15) is 0 Å². The van der Waals surface area contributed by atoms with E-state index in [1.165, 1.54) is 42.7 Å². The van der Waals surface area contributed by atoms with E-state index in [9.17, 15) is 0 Å². The van der Waals surface area contributed by atoms with Crippen LogP contribution in [0.15, 0.2) is 0 Å². The Kier molecular flexibility index (Phi) is 5.34. The van der Waals surface area contributed by atoms with E-state index in [1.54, 1.807) is 11.5 Å². The molecular formula is C15H27N3S. The molecule has 0 amide bonds. The normalized spacial score (nSPS) is 25.7. The number of nitrogens with one attached hydrogen (secondary N) is 1. The molecule has 0 saturated heterocycles. The summed E-state index contributed by atoms with van der Waals surface area (Å²) in [6, 6.07) is 0.454. The number of aromatic nitrogens is 2. The van der Waals surface area contributed by atoms with Gasteiger partial charge in [-0.05, 0) is 49.2 Å². The highest BCUT2D eigenvalue weighted by molar-refractivity contribution is 7.05. The Morgan fingerprint density at radius 2 is 1.95 bits per heavy atom. The van der Waals surface area contributed by atoms with Crippen LogP contribution in [-0.4, -0.2) is 16.6 Å². The lowest BCUT2D eigenvalue weighted by Crippen LogP contribution is -2.29. The maximum absolute atomic E-state index is 4.34. The van der Waals surface area contributed by atoms with Gasteiger partial charge in [0.2, 0.25) is 0 Å². The number of hydrogen-bond acceptors (Lipinski definition) is 4. The SMILES string of the molecule is CCC1CCC(C(NC)c2snnc2C(C)C)CC1. The Morgan fingerprint density at radius 1 is 1.26 bits per heavy atom. The van der Waals surface area contributed by atoms with E-state index in [2.05, 4.69) is 42.7 Å². The quantitative estimate of drug-likeness (QED) is 0.881. The van der Waals surface area contributed by atoms with E-state index < -0.39 is 0 Å². The number of hydrogen-bond donors (Lipinski definition) is 1. The highest BCUT2D eigenvalue weighted by Gasteiger charge is 2.30. The Bertz CT molecular complexity index is 380. The van der Waals surface area contributed by atoms with Crippen molar-refractivity contribution < 1.29 is 0 Å². The van der Waals surface area contributed by atoms with Gasteiger partial charge in [0.1, 0.15) is 0 Å². The Balaban J connectivity index is 2.10. The summed E-state index contributed by atoms with van der Waals surface area (Å²) in [5.74, 6) is 2.18. The summed E-state index contributed by atoms with van der Waals surface area (Å²) >= 11 is 1.59. The van der Waals surface area contributed by atoms with E-state index in [0.29, 0.717) is 12.0 Å². The second-order valence-corrected chi connectivity index (χ2v) is 6.92. The average molecular weight is 281 g/mol. The standard InChI is InChI=1S/C15H27N3S/c1-5-11-6-8-12(9-7-11)14(16-4)15-13(10(2)3)17-18-19-15/h10-12,14,16H,5-9H2,1-4H3. The molecule has 0 radical (unpaired) electrons. The minimum absolute atomic E-state index is 0.454. The van der Waals surface area contributed by atoms with Gasteiger partial charge in [0.25, 0.3) is 0 Å². The predicted molar refractivity (Wildman–Crippen MR) is 81.5 cm³/mol. The van der Waals surface area contributed by atoms with Crippen molar-refractivity contribution in [1.82, 2.24) is 14.9 Å². The van der Waals surface area contributed by atoms with Gasteiger partial charge in [-0.1, -0.05) is 44.5 Å². The average Bonchev–Trinajstić information content (AvgIpc) is 2.90. The molecule has 1 heterocycles. The monoisotopic (exact) mass is 281 g/mol. The molecule has 0 bridgehead atoms. The molecule has 0 aromatic carbocycles. The first-order chi connectivity index (χ1) is 9.17. The van der Waals surface area contributed by atoms with E-state index >= 15 is 0 Å². The van der Waals surface area contributed by atoms with Crippen molar-refractivity contribution in [3.8, 4) is 0 Å². The fourth-order valence-corrected chi connectivity index (χ4v) is 4.34. The summed E-state index contributed by atoms with van der Waals surface area (Å²) in [6.45, 7) is 6.74. The van der Waals surface area contributed by atoms with Crippen molar-refractivity contribution in [2.24, 2.45) is 11.8 Å². The summed E-state index contributed by atoms with van der Waals surface area (Å²) < 4.78 is 4.19. The molecule has 1 atom stereocenters. The zero-order valence-corrected chi connectivity index (χ0v) is 13.5. The Labute approximate surface area is 121 Å². The fourth-order valence-electron chi connectivity index (χ4n) is 3.33. The summed E-state index contributed by atoms with van der Waals surface area (Å²) in [6.07, 6.45) is 6.82. The number of rotatable bonds is 5. The van der Waals surface area contributed by atoms with Gasteiger partial charge in [0.05, 0.1) is 10.6 Å². The van der Waals surface area contributed by atoms with Crippen molar-refractivity contribution in [1.29, 1.82) is 0 Å². The van der Waals surface area contributed by atoms with Crippen LogP contribution in [0.25, 0.3) is 0 Å². The van der Waals surface area contributed by atoms with Gasteiger partial charge in [-0.25, -0.2) is 0 Å². The fraction of sp³-hybridized carbons (Fsp3) is 0.867. The Hall–Kier alpha value is -0.480. The Morgan fingerprint density at radius 3 is 2.47 bits per heavy atom. The molecular weight excluding hydrogens is 254 g/mol.